The Labute approximate surface area is 175 Å². The van der Waals surface area contributed by atoms with E-state index in [9.17, 15) is 17.9 Å². The molecule has 0 unspecified atom stereocenters. The SMILES string of the molecule is C[C@H](Oc1ccc(-c2ccc(F)c(S(N)(=O)=O)c2)cc1)[C@@H](O)CCc1cccnc1. The lowest BCUT2D eigenvalue weighted by Crippen LogP contribution is -2.29. The van der Waals surface area contributed by atoms with Gasteiger partial charge in [0, 0.05) is 12.4 Å². The van der Waals surface area contributed by atoms with Gasteiger partial charge in [-0.25, -0.2) is 17.9 Å². The largest absolute Gasteiger partial charge is 0.488 e. The molecule has 3 N–H and O–H groups in total. The van der Waals surface area contributed by atoms with E-state index in [-0.39, 0.29) is 0 Å². The molecule has 0 aliphatic rings. The molecule has 30 heavy (non-hydrogen) atoms. The van der Waals surface area contributed by atoms with Crippen molar-refractivity contribution in [2.24, 2.45) is 5.14 Å². The molecule has 2 aromatic carbocycles. The van der Waals surface area contributed by atoms with Gasteiger partial charge in [0.25, 0.3) is 0 Å². The molecule has 0 aliphatic heterocycles. The minimum atomic E-state index is -4.15. The molecular formula is C22H23FN2O4S. The Hall–Kier alpha value is -2.81. The second-order valence-electron chi connectivity index (χ2n) is 7.00. The van der Waals surface area contributed by atoms with E-state index in [4.69, 9.17) is 9.88 Å². The molecule has 1 aromatic heterocycles. The fourth-order valence-corrected chi connectivity index (χ4v) is 3.65. The van der Waals surface area contributed by atoms with Gasteiger partial charge in [0.1, 0.15) is 22.6 Å². The van der Waals surface area contributed by atoms with Crippen molar-refractivity contribution in [3.8, 4) is 16.9 Å². The van der Waals surface area contributed by atoms with Crippen LogP contribution in [0.5, 0.6) is 5.75 Å². The summed E-state index contributed by atoms with van der Waals surface area (Å²) in [4.78, 5) is 3.51. The van der Waals surface area contributed by atoms with Gasteiger partial charge in [0.2, 0.25) is 10.0 Å². The lowest BCUT2D eigenvalue weighted by Gasteiger charge is -2.20. The second kappa shape index (κ2) is 9.34. The van der Waals surface area contributed by atoms with Crippen LogP contribution in [0.2, 0.25) is 0 Å². The third-order valence-corrected chi connectivity index (χ3v) is 5.67. The summed E-state index contributed by atoms with van der Waals surface area (Å²) in [5.74, 6) is -0.337. The number of hydrogen-bond donors (Lipinski definition) is 2. The predicted molar refractivity (Wildman–Crippen MR) is 112 cm³/mol. The zero-order valence-corrected chi connectivity index (χ0v) is 17.2. The fourth-order valence-electron chi connectivity index (χ4n) is 3.02. The van der Waals surface area contributed by atoms with Crippen LogP contribution in [0, 0.1) is 5.82 Å². The number of rotatable bonds is 8. The van der Waals surface area contributed by atoms with Gasteiger partial charge in [-0.05, 0) is 66.8 Å². The molecule has 0 spiro atoms. The van der Waals surface area contributed by atoms with Crippen LogP contribution in [-0.2, 0) is 16.4 Å². The Bertz CT molecular complexity index is 1090. The normalized spacial score (nSPS) is 13.6. The van der Waals surface area contributed by atoms with Crippen LogP contribution in [-0.4, -0.2) is 30.7 Å². The van der Waals surface area contributed by atoms with Gasteiger partial charge in [-0.1, -0.05) is 24.3 Å². The molecule has 3 rings (SSSR count). The van der Waals surface area contributed by atoms with Crippen LogP contribution in [0.15, 0.2) is 71.9 Å². The molecule has 2 atom stereocenters. The van der Waals surface area contributed by atoms with Gasteiger partial charge in [0.05, 0.1) is 6.10 Å². The molecule has 3 aromatic rings. The van der Waals surface area contributed by atoms with Gasteiger partial charge in [-0.3, -0.25) is 4.98 Å². The summed E-state index contributed by atoms with van der Waals surface area (Å²) in [6.45, 7) is 1.79. The van der Waals surface area contributed by atoms with Crippen molar-refractivity contribution in [3.63, 3.8) is 0 Å². The number of primary sulfonamides is 1. The second-order valence-corrected chi connectivity index (χ2v) is 8.53. The maximum absolute atomic E-state index is 13.7. The number of sulfonamides is 1. The molecule has 0 saturated carbocycles. The molecule has 0 radical (unpaired) electrons. The minimum absolute atomic E-state index is 0.424. The minimum Gasteiger partial charge on any atom is -0.488 e. The van der Waals surface area contributed by atoms with E-state index in [1.807, 2.05) is 12.1 Å². The molecule has 158 valence electrons. The van der Waals surface area contributed by atoms with E-state index in [1.54, 1.807) is 43.6 Å². The number of aromatic nitrogens is 1. The smallest absolute Gasteiger partial charge is 0.240 e. The highest BCUT2D eigenvalue weighted by Gasteiger charge is 2.17. The summed E-state index contributed by atoms with van der Waals surface area (Å²) in [5.41, 5.74) is 2.24. The van der Waals surface area contributed by atoms with Crippen molar-refractivity contribution in [1.82, 2.24) is 4.98 Å². The van der Waals surface area contributed by atoms with Gasteiger partial charge >= 0.3 is 0 Å². The average Bonchev–Trinajstić information content (AvgIpc) is 2.73. The Balaban J connectivity index is 1.64. The molecule has 0 bridgehead atoms. The Kier molecular flexibility index (Phi) is 6.81. The molecular weight excluding hydrogens is 407 g/mol. The number of aryl methyl sites for hydroxylation is 1. The topological polar surface area (TPSA) is 103 Å². The highest BCUT2D eigenvalue weighted by molar-refractivity contribution is 7.89. The summed E-state index contributed by atoms with van der Waals surface area (Å²) >= 11 is 0. The summed E-state index contributed by atoms with van der Waals surface area (Å²) in [6.07, 6.45) is 3.63. The van der Waals surface area contributed by atoms with Gasteiger partial charge < -0.3 is 9.84 Å². The zero-order chi connectivity index (χ0) is 21.7. The fraction of sp³-hybridized carbons (Fsp3) is 0.227. The highest BCUT2D eigenvalue weighted by Crippen LogP contribution is 2.26. The van der Waals surface area contributed by atoms with Crippen molar-refractivity contribution in [1.29, 1.82) is 0 Å². The number of pyridine rings is 1. The molecule has 6 nitrogen and oxygen atoms in total. The van der Waals surface area contributed by atoms with Crippen LogP contribution >= 0.6 is 0 Å². The van der Waals surface area contributed by atoms with E-state index in [0.717, 1.165) is 11.6 Å². The first kappa shape index (κ1) is 21.9. The molecule has 0 aliphatic carbocycles. The number of ether oxygens (including phenoxy) is 1. The standard InChI is InChI=1S/C22H23FN2O4S/c1-15(21(26)11-4-16-3-2-12-25-14-16)29-19-8-5-17(6-9-19)18-7-10-20(23)22(13-18)30(24,27)28/h2-3,5-10,12-15,21,26H,4,11H2,1H3,(H2,24,27,28)/t15-,21-/m0/s1. The van der Waals surface area contributed by atoms with Crippen molar-refractivity contribution in [2.45, 2.75) is 36.9 Å². The van der Waals surface area contributed by atoms with Gasteiger partial charge in [-0.2, -0.15) is 0 Å². The first-order valence-electron chi connectivity index (χ1n) is 9.40. The Morgan fingerprint density at radius 3 is 2.47 bits per heavy atom. The molecule has 0 fully saturated rings. The lowest BCUT2D eigenvalue weighted by molar-refractivity contribution is 0.0420. The number of aliphatic hydroxyl groups excluding tert-OH is 1. The average molecular weight is 431 g/mol. The molecule has 1 heterocycles. The summed E-state index contributed by atoms with van der Waals surface area (Å²) in [6, 6.07) is 14.4. The van der Waals surface area contributed by atoms with E-state index in [0.29, 0.717) is 29.7 Å². The highest BCUT2D eigenvalue weighted by atomic mass is 32.2. The quantitative estimate of drug-likeness (QED) is 0.571. The number of hydrogen-bond acceptors (Lipinski definition) is 5. The Morgan fingerprint density at radius 2 is 1.83 bits per heavy atom. The number of nitrogens with two attached hydrogens (primary N) is 1. The number of aliphatic hydroxyl groups is 1. The predicted octanol–water partition coefficient (Wildman–Crippen LogP) is 3.30. The van der Waals surface area contributed by atoms with Crippen LogP contribution < -0.4 is 9.88 Å². The monoisotopic (exact) mass is 430 g/mol. The van der Waals surface area contributed by atoms with Gasteiger partial charge in [0.15, 0.2) is 0 Å². The number of nitrogens with zero attached hydrogens (tertiary/aromatic N) is 1. The molecule has 0 amide bonds. The third kappa shape index (κ3) is 5.63. The van der Waals surface area contributed by atoms with Crippen LogP contribution in [0.3, 0.4) is 0 Å². The third-order valence-electron chi connectivity index (χ3n) is 4.74. The maximum atomic E-state index is 13.7. The maximum Gasteiger partial charge on any atom is 0.240 e. The zero-order valence-electron chi connectivity index (χ0n) is 16.4. The van der Waals surface area contributed by atoms with E-state index < -0.39 is 32.9 Å². The Morgan fingerprint density at radius 1 is 1.13 bits per heavy atom. The molecule has 8 heteroatoms. The van der Waals surface area contributed by atoms with Crippen molar-refractivity contribution in [2.75, 3.05) is 0 Å². The summed E-state index contributed by atoms with van der Waals surface area (Å²) in [7, 11) is -4.15. The molecule has 0 saturated heterocycles. The number of halogens is 1. The van der Waals surface area contributed by atoms with Crippen molar-refractivity contribution >= 4 is 10.0 Å². The first-order valence-corrected chi connectivity index (χ1v) is 10.9. The number of benzene rings is 2. The summed E-state index contributed by atoms with van der Waals surface area (Å²) in [5, 5.41) is 15.4. The summed E-state index contributed by atoms with van der Waals surface area (Å²) < 4.78 is 42.6. The van der Waals surface area contributed by atoms with Crippen molar-refractivity contribution in [3.05, 3.63) is 78.4 Å². The van der Waals surface area contributed by atoms with E-state index >= 15 is 0 Å². The van der Waals surface area contributed by atoms with E-state index in [1.165, 1.54) is 12.1 Å². The van der Waals surface area contributed by atoms with Gasteiger partial charge in [-0.15, -0.1) is 0 Å². The first-order chi connectivity index (χ1) is 14.2. The van der Waals surface area contributed by atoms with Crippen molar-refractivity contribution < 1.29 is 22.7 Å². The van der Waals surface area contributed by atoms with Crippen LogP contribution in [0.25, 0.3) is 11.1 Å². The van der Waals surface area contributed by atoms with E-state index in [2.05, 4.69) is 4.98 Å². The van der Waals surface area contributed by atoms with Crippen LogP contribution in [0.1, 0.15) is 18.9 Å². The lowest BCUT2D eigenvalue weighted by atomic mass is 10.0. The van der Waals surface area contributed by atoms with Crippen LogP contribution in [0.4, 0.5) is 4.39 Å².